The second kappa shape index (κ2) is 15.9. The molecule has 3 heterocycles. The molecule has 0 unspecified atom stereocenters. The van der Waals surface area contributed by atoms with E-state index in [0.717, 1.165) is 22.9 Å². The van der Waals surface area contributed by atoms with Gasteiger partial charge in [0.2, 0.25) is 6.71 Å². The maximum atomic E-state index is 7.55. The minimum atomic E-state index is -2.98. The van der Waals surface area contributed by atoms with Crippen LogP contribution in [0.5, 0.6) is 11.5 Å². The molecule has 10 aromatic carbocycles. The van der Waals surface area contributed by atoms with Crippen molar-refractivity contribution in [3.8, 4) is 22.6 Å². The zero-order valence-electron chi connectivity index (χ0n) is 36.1. The lowest BCUT2D eigenvalue weighted by atomic mass is 9.31. The molecule has 6 heteroatoms. The quantitative estimate of drug-likeness (QED) is 0.119. The molecule has 0 radical (unpaired) electrons. The van der Waals surface area contributed by atoms with Crippen molar-refractivity contribution in [1.29, 1.82) is 0 Å². The Morgan fingerprint density at radius 3 is 1.56 bits per heavy atom. The first-order valence-corrected chi connectivity index (χ1v) is 25.6. The summed E-state index contributed by atoms with van der Waals surface area (Å²) in [6, 6.07) is 92.4. The molecule has 13 rings (SSSR count). The highest BCUT2D eigenvalue weighted by Gasteiger charge is 2.49. The lowest BCUT2D eigenvalue weighted by molar-refractivity contribution is 0.490. The summed E-state index contributed by atoms with van der Waals surface area (Å²) in [5.41, 5.74) is 13.4. The highest BCUT2D eigenvalue weighted by atomic mass is 32.2. The number of anilines is 3. The minimum absolute atomic E-state index is 0.0360. The lowest BCUT2D eigenvalue weighted by Crippen LogP contribution is -2.79. The van der Waals surface area contributed by atoms with Crippen LogP contribution in [-0.2, 0) is 0 Å². The number of para-hydroxylation sites is 3. The van der Waals surface area contributed by atoms with E-state index in [9.17, 15) is 0 Å². The summed E-state index contributed by atoms with van der Waals surface area (Å²) in [6.45, 7) is -0.170. The van der Waals surface area contributed by atoms with Crippen LogP contribution in [-0.4, -0.2) is 21.5 Å². The summed E-state index contributed by atoms with van der Waals surface area (Å²) in [4.78, 5) is 5.00. The largest absolute Gasteiger partial charge is 0.459 e. The highest BCUT2D eigenvalue weighted by molar-refractivity contribution is 8.00. The van der Waals surface area contributed by atoms with Gasteiger partial charge in [-0.1, -0.05) is 241 Å². The molecule has 0 bridgehead atoms. The van der Waals surface area contributed by atoms with E-state index in [0.29, 0.717) is 0 Å². The standard InChI is InChI=1S/C60H41B2NOSSi/c1-5-23-42(24-6-1)46-31-13-18-36-51(46)63-52-37-19-14-32-47(52)61-48-33-15-20-38-54(48)64-60-58(61)53(63)41-56-59(60)62(49-34-16-21-39-55(49)65-56)50-35-17-22-40-57(50)66(43-25-7-2-8-26-43,44-27-9-3-10-28-44)45-29-11-4-12-30-45/h1-41H. The van der Waals surface area contributed by atoms with Crippen molar-refractivity contribution in [3.63, 3.8) is 0 Å². The maximum Gasteiger partial charge on any atom is 0.256 e. The van der Waals surface area contributed by atoms with Crippen molar-refractivity contribution in [2.45, 2.75) is 9.79 Å². The molecule has 66 heavy (non-hydrogen) atoms. The Hall–Kier alpha value is -7.50. The van der Waals surface area contributed by atoms with Gasteiger partial charge in [-0.05, 0) is 78.5 Å². The summed E-state index contributed by atoms with van der Waals surface area (Å²) in [6.07, 6.45) is 0. The summed E-state index contributed by atoms with van der Waals surface area (Å²) < 4.78 is 7.55. The summed E-state index contributed by atoms with van der Waals surface area (Å²) in [5, 5.41) is 5.45. The molecule has 308 valence electrons. The Labute approximate surface area is 392 Å². The van der Waals surface area contributed by atoms with E-state index in [-0.39, 0.29) is 13.4 Å². The number of nitrogens with zero attached hydrogens (tertiary/aromatic N) is 1. The van der Waals surface area contributed by atoms with E-state index >= 15 is 0 Å². The van der Waals surface area contributed by atoms with Crippen molar-refractivity contribution < 1.29 is 4.74 Å². The van der Waals surface area contributed by atoms with Crippen LogP contribution in [0.15, 0.2) is 259 Å². The van der Waals surface area contributed by atoms with E-state index in [2.05, 4.69) is 254 Å². The number of ether oxygens (including phenoxy) is 1. The van der Waals surface area contributed by atoms with Gasteiger partial charge in [-0.15, -0.1) is 0 Å². The fraction of sp³-hybridized carbons (Fsp3) is 0. The SMILES string of the molecule is c1ccc(-c2ccccc2N2c3ccccc3B3c4ccccc4Oc4c5c(cc2c43)Sc2ccccc2B5c2ccccc2[Si](c2ccccc2)(c2ccccc2)c2ccccc2)cc1. The molecule has 2 nitrogen and oxygen atoms in total. The van der Waals surface area contributed by atoms with Gasteiger partial charge < -0.3 is 9.64 Å². The molecule has 0 aromatic heterocycles. The minimum Gasteiger partial charge on any atom is -0.459 e. The van der Waals surface area contributed by atoms with E-state index < -0.39 is 8.07 Å². The molecule has 3 aliphatic heterocycles. The third-order valence-electron chi connectivity index (χ3n) is 14.0. The van der Waals surface area contributed by atoms with E-state index in [1.165, 1.54) is 80.1 Å². The molecule has 0 spiro atoms. The highest BCUT2D eigenvalue weighted by Crippen LogP contribution is 2.46. The van der Waals surface area contributed by atoms with Crippen LogP contribution in [0.1, 0.15) is 0 Å². The van der Waals surface area contributed by atoms with Crippen molar-refractivity contribution in [2.24, 2.45) is 0 Å². The van der Waals surface area contributed by atoms with Crippen LogP contribution < -0.4 is 63.2 Å². The third-order valence-corrected chi connectivity index (χ3v) is 20.0. The molecule has 0 N–H and O–H groups in total. The van der Waals surface area contributed by atoms with Gasteiger partial charge in [-0.25, -0.2) is 0 Å². The van der Waals surface area contributed by atoms with Gasteiger partial charge in [0, 0.05) is 26.7 Å². The summed E-state index contributed by atoms with van der Waals surface area (Å²) >= 11 is 1.88. The Kier molecular flexibility index (Phi) is 9.36. The molecule has 0 saturated carbocycles. The average molecular weight is 874 g/mol. The van der Waals surface area contributed by atoms with Crippen LogP contribution in [0.2, 0.25) is 0 Å². The molecular formula is C60H41B2NOSSi. The summed E-state index contributed by atoms with van der Waals surface area (Å²) in [5.74, 6) is 1.89. The van der Waals surface area contributed by atoms with Gasteiger partial charge in [0.15, 0.2) is 8.07 Å². The van der Waals surface area contributed by atoms with Crippen LogP contribution in [0, 0.1) is 0 Å². The fourth-order valence-corrected chi connectivity index (χ4v) is 17.6. The second-order valence-corrected chi connectivity index (χ2v) is 22.3. The van der Waals surface area contributed by atoms with Crippen LogP contribution in [0.25, 0.3) is 11.1 Å². The number of fused-ring (bicyclic) bond motifs is 7. The Balaban J connectivity index is 1.14. The van der Waals surface area contributed by atoms with Gasteiger partial charge in [-0.2, -0.15) is 0 Å². The Morgan fingerprint density at radius 2 is 0.879 bits per heavy atom. The van der Waals surface area contributed by atoms with Crippen molar-refractivity contribution >= 4 is 104 Å². The van der Waals surface area contributed by atoms with E-state index in [1.54, 1.807) is 0 Å². The van der Waals surface area contributed by atoms with Crippen molar-refractivity contribution in [3.05, 3.63) is 249 Å². The first-order valence-electron chi connectivity index (χ1n) is 22.8. The molecule has 10 aromatic rings. The van der Waals surface area contributed by atoms with Gasteiger partial charge in [0.05, 0.1) is 5.69 Å². The van der Waals surface area contributed by atoms with Gasteiger partial charge in [0.1, 0.15) is 11.5 Å². The first-order chi connectivity index (χ1) is 32.8. The fourth-order valence-electron chi connectivity index (χ4n) is 11.4. The average Bonchev–Trinajstić information content (AvgIpc) is 3.39. The van der Waals surface area contributed by atoms with Crippen LogP contribution in [0.4, 0.5) is 17.1 Å². The number of hydrogen-bond acceptors (Lipinski definition) is 3. The number of benzene rings is 10. The molecule has 0 fully saturated rings. The molecular weight excluding hydrogens is 832 g/mol. The maximum absolute atomic E-state index is 7.55. The Morgan fingerprint density at radius 1 is 0.379 bits per heavy atom. The zero-order valence-corrected chi connectivity index (χ0v) is 37.9. The normalized spacial score (nSPS) is 13.1. The molecule has 0 saturated heterocycles. The topological polar surface area (TPSA) is 12.5 Å². The van der Waals surface area contributed by atoms with E-state index in [4.69, 9.17) is 4.74 Å². The van der Waals surface area contributed by atoms with Gasteiger partial charge in [-0.3, -0.25) is 0 Å². The van der Waals surface area contributed by atoms with Crippen LogP contribution >= 0.6 is 11.8 Å². The van der Waals surface area contributed by atoms with Crippen LogP contribution in [0.3, 0.4) is 0 Å². The monoisotopic (exact) mass is 873 g/mol. The van der Waals surface area contributed by atoms with Crippen molar-refractivity contribution in [2.75, 3.05) is 4.90 Å². The number of hydrogen-bond donors (Lipinski definition) is 0. The molecule has 0 amide bonds. The van der Waals surface area contributed by atoms with Crippen molar-refractivity contribution in [1.82, 2.24) is 0 Å². The molecule has 0 aliphatic carbocycles. The predicted molar refractivity (Wildman–Crippen MR) is 283 cm³/mol. The number of rotatable bonds is 7. The summed E-state index contributed by atoms with van der Waals surface area (Å²) in [7, 11) is -2.98. The lowest BCUT2D eigenvalue weighted by Gasteiger charge is -2.43. The smallest absolute Gasteiger partial charge is 0.256 e. The van der Waals surface area contributed by atoms with E-state index in [1.807, 2.05) is 11.8 Å². The molecule has 0 atom stereocenters. The van der Waals surface area contributed by atoms with Gasteiger partial charge in [0.25, 0.3) is 6.71 Å². The third kappa shape index (κ3) is 5.92. The second-order valence-electron chi connectivity index (χ2n) is 17.4. The first kappa shape index (κ1) is 38.9. The predicted octanol–water partition coefficient (Wildman–Crippen LogP) is 8.12. The zero-order chi connectivity index (χ0) is 43.6. The molecule has 3 aliphatic rings. The van der Waals surface area contributed by atoms with Gasteiger partial charge >= 0.3 is 0 Å². The Bertz CT molecular complexity index is 3360.